The van der Waals surface area contributed by atoms with E-state index >= 15 is 0 Å². The van der Waals surface area contributed by atoms with Gasteiger partial charge in [0.1, 0.15) is 0 Å². The molecule has 0 unspecified atom stereocenters. The fourth-order valence-corrected chi connectivity index (χ4v) is 2.62. The standard InChI is InChI=1S/C9H16O3/c1-11-8-7(6-10)9(8)2-4-12-5-3-9/h7-8,10H,2-6H2,1H3/t7-,8-/m0/s1. The first-order valence-electron chi connectivity index (χ1n) is 4.56. The summed E-state index contributed by atoms with van der Waals surface area (Å²) in [7, 11) is 1.73. The maximum absolute atomic E-state index is 9.10. The summed E-state index contributed by atoms with van der Waals surface area (Å²) in [6, 6.07) is 0. The molecule has 2 atom stereocenters. The van der Waals surface area contributed by atoms with Gasteiger partial charge < -0.3 is 14.6 Å². The lowest BCUT2D eigenvalue weighted by atomic mass is 9.94. The van der Waals surface area contributed by atoms with Gasteiger partial charge in [-0.3, -0.25) is 0 Å². The molecule has 0 radical (unpaired) electrons. The molecule has 0 aromatic carbocycles. The molecule has 2 fully saturated rings. The number of aliphatic hydroxyl groups excluding tert-OH is 1. The average molecular weight is 172 g/mol. The van der Waals surface area contributed by atoms with Gasteiger partial charge in [-0.05, 0) is 12.8 Å². The molecule has 2 aliphatic rings. The number of rotatable bonds is 2. The Bertz CT molecular complexity index is 151. The smallest absolute Gasteiger partial charge is 0.0690 e. The fourth-order valence-electron chi connectivity index (χ4n) is 2.62. The van der Waals surface area contributed by atoms with Crippen molar-refractivity contribution in [1.82, 2.24) is 0 Å². The van der Waals surface area contributed by atoms with Crippen LogP contribution in [0.3, 0.4) is 0 Å². The molecule has 3 heteroatoms. The molecule has 0 aromatic heterocycles. The predicted molar refractivity (Wildman–Crippen MR) is 43.9 cm³/mol. The molecule has 0 amide bonds. The molecule has 0 bridgehead atoms. The zero-order valence-electron chi connectivity index (χ0n) is 7.45. The first kappa shape index (κ1) is 8.48. The van der Waals surface area contributed by atoms with Crippen LogP contribution in [0.2, 0.25) is 0 Å². The third kappa shape index (κ3) is 1.00. The summed E-state index contributed by atoms with van der Waals surface area (Å²) in [5.41, 5.74) is 0.266. The molecule has 3 nitrogen and oxygen atoms in total. The van der Waals surface area contributed by atoms with Crippen LogP contribution in [0.4, 0.5) is 0 Å². The number of hydrogen-bond donors (Lipinski definition) is 1. The van der Waals surface area contributed by atoms with Gasteiger partial charge in [0.05, 0.1) is 6.10 Å². The average Bonchev–Trinajstić information content (AvgIpc) is 2.73. The molecule has 2 rings (SSSR count). The summed E-state index contributed by atoms with van der Waals surface area (Å²) in [4.78, 5) is 0. The molecule has 1 heterocycles. The number of hydrogen-bond acceptors (Lipinski definition) is 3. The highest BCUT2D eigenvalue weighted by Crippen LogP contribution is 2.60. The van der Waals surface area contributed by atoms with E-state index in [1.54, 1.807) is 7.11 Å². The molecule has 1 saturated carbocycles. The molecule has 1 saturated heterocycles. The second kappa shape index (κ2) is 2.98. The molecular formula is C9H16O3. The lowest BCUT2D eigenvalue weighted by molar-refractivity contribution is 0.0282. The van der Waals surface area contributed by atoms with E-state index in [9.17, 15) is 0 Å². The van der Waals surface area contributed by atoms with Crippen LogP contribution in [-0.2, 0) is 9.47 Å². The molecule has 1 N–H and O–H groups in total. The van der Waals surface area contributed by atoms with Crippen molar-refractivity contribution in [2.24, 2.45) is 11.3 Å². The Kier molecular flexibility index (Phi) is 2.10. The van der Waals surface area contributed by atoms with Crippen molar-refractivity contribution in [2.45, 2.75) is 18.9 Å². The van der Waals surface area contributed by atoms with Gasteiger partial charge in [-0.1, -0.05) is 0 Å². The van der Waals surface area contributed by atoms with Crippen LogP contribution in [0.25, 0.3) is 0 Å². The highest BCUT2D eigenvalue weighted by atomic mass is 16.5. The molecule has 1 spiro atoms. The largest absolute Gasteiger partial charge is 0.396 e. The topological polar surface area (TPSA) is 38.7 Å². The van der Waals surface area contributed by atoms with E-state index in [0.29, 0.717) is 5.92 Å². The van der Waals surface area contributed by atoms with Crippen LogP contribution >= 0.6 is 0 Å². The van der Waals surface area contributed by atoms with Crippen molar-refractivity contribution >= 4 is 0 Å². The van der Waals surface area contributed by atoms with Gasteiger partial charge >= 0.3 is 0 Å². The van der Waals surface area contributed by atoms with Gasteiger partial charge in [-0.15, -0.1) is 0 Å². The Morgan fingerprint density at radius 2 is 2.17 bits per heavy atom. The highest BCUT2D eigenvalue weighted by molar-refractivity contribution is 5.12. The van der Waals surface area contributed by atoms with Crippen molar-refractivity contribution in [3.05, 3.63) is 0 Å². The Hall–Kier alpha value is -0.120. The maximum atomic E-state index is 9.10. The highest BCUT2D eigenvalue weighted by Gasteiger charge is 2.64. The van der Waals surface area contributed by atoms with Crippen molar-refractivity contribution in [2.75, 3.05) is 26.9 Å². The minimum Gasteiger partial charge on any atom is -0.396 e. The van der Waals surface area contributed by atoms with Gasteiger partial charge in [0, 0.05) is 38.3 Å². The van der Waals surface area contributed by atoms with E-state index in [1.807, 2.05) is 0 Å². The molecule has 70 valence electrons. The first-order chi connectivity index (χ1) is 5.85. The SMILES string of the molecule is CO[C@H]1[C@H](CO)C12CCOCC2. The van der Waals surface area contributed by atoms with Gasteiger partial charge in [0.2, 0.25) is 0 Å². The van der Waals surface area contributed by atoms with Crippen LogP contribution < -0.4 is 0 Å². The van der Waals surface area contributed by atoms with Crippen LogP contribution in [0, 0.1) is 11.3 Å². The van der Waals surface area contributed by atoms with Gasteiger partial charge in [0.15, 0.2) is 0 Å². The van der Waals surface area contributed by atoms with Crippen LogP contribution in [-0.4, -0.2) is 38.1 Å². The van der Waals surface area contributed by atoms with Crippen LogP contribution in [0.5, 0.6) is 0 Å². The Labute approximate surface area is 72.7 Å². The quantitative estimate of drug-likeness (QED) is 0.656. The monoisotopic (exact) mass is 172 g/mol. The minimum atomic E-state index is 0.262. The molecule has 12 heavy (non-hydrogen) atoms. The number of ether oxygens (including phenoxy) is 2. The van der Waals surface area contributed by atoms with Crippen molar-refractivity contribution in [3.8, 4) is 0 Å². The lowest BCUT2D eigenvalue weighted by Crippen LogP contribution is -2.21. The lowest BCUT2D eigenvalue weighted by Gasteiger charge is -2.22. The maximum Gasteiger partial charge on any atom is 0.0690 e. The summed E-state index contributed by atoms with van der Waals surface area (Å²) in [6.45, 7) is 1.92. The summed E-state index contributed by atoms with van der Waals surface area (Å²) in [6.07, 6.45) is 2.39. The summed E-state index contributed by atoms with van der Waals surface area (Å²) >= 11 is 0. The fraction of sp³-hybridized carbons (Fsp3) is 1.00. The van der Waals surface area contributed by atoms with E-state index in [2.05, 4.69) is 0 Å². The third-order valence-corrected chi connectivity index (χ3v) is 3.44. The molecule has 1 aliphatic carbocycles. The second-order valence-corrected chi connectivity index (χ2v) is 3.79. The van der Waals surface area contributed by atoms with E-state index in [1.165, 1.54) is 0 Å². The van der Waals surface area contributed by atoms with Crippen LogP contribution in [0.15, 0.2) is 0 Å². The zero-order chi connectivity index (χ0) is 8.60. The van der Waals surface area contributed by atoms with Crippen LogP contribution in [0.1, 0.15) is 12.8 Å². The van der Waals surface area contributed by atoms with E-state index in [-0.39, 0.29) is 18.1 Å². The van der Waals surface area contributed by atoms with Crippen molar-refractivity contribution < 1.29 is 14.6 Å². The van der Waals surface area contributed by atoms with E-state index in [0.717, 1.165) is 26.1 Å². The predicted octanol–water partition coefficient (Wildman–Crippen LogP) is 0.420. The molecule has 1 aliphatic heterocycles. The minimum absolute atomic E-state index is 0.262. The van der Waals surface area contributed by atoms with E-state index < -0.39 is 0 Å². The Morgan fingerprint density at radius 1 is 1.50 bits per heavy atom. The second-order valence-electron chi connectivity index (χ2n) is 3.79. The zero-order valence-corrected chi connectivity index (χ0v) is 7.45. The normalized spacial score (nSPS) is 38.5. The first-order valence-corrected chi connectivity index (χ1v) is 4.56. The Balaban J connectivity index is 2.01. The number of methoxy groups -OCH3 is 1. The van der Waals surface area contributed by atoms with Crippen molar-refractivity contribution in [1.29, 1.82) is 0 Å². The van der Waals surface area contributed by atoms with Gasteiger partial charge in [-0.2, -0.15) is 0 Å². The molecule has 0 aromatic rings. The van der Waals surface area contributed by atoms with Gasteiger partial charge in [-0.25, -0.2) is 0 Å². The van der Waals surface area contributed by atoms with E-state index in [4.69, 9.17) is 14.6 Å². The molecular weight excluding hydrogens is 156 g/mol. The summed E-state index contributed by atoms with van der Waals surface area (Å²) in [5, 5.41) is 9.10. The third-order valence-electron chi connectivity index (χ3n) is 3.44. The van der Waals surface area contributed by atoms with Gasteiger partial charge in [0.25, 0.3) is 0 Å². The Morgan fingerprint density at radius 3 is 2.58 bits per heavy atom. The summed E-state index contributed by atoms with van der Waals surface area (Å²) < 4.78 is 10.6. The number of aliphatic hydroxyl groups is 1. The summed E-state index contributed by atoms with van der Waals surface area (Å²) in [5.74, 6) is 0.367. The van der Waals surface area contributed by atoms with Crippen molar-refractivity contribution in [3.63, 3.8) is 0 Å².